The van der Waals surface area contributed by atoms with E-state index in [2.05, 4.69) is 44.2 Å². The van der Waals surface area contributed by atoms with Gasteiger partial charge >= 0.3 is 0 Å². The maximum absolute atomic E-state index is 6.20. The van der Waals surface area contributed by atoms with Crippen molar-refractivity contribution < 1.29 is 9.47 Å². The van der Waals surface area contributed by atoms with Crippen LogP contribution in [0, 0.1) is 5.92 Å². The summed E-state index contributed by atoms with van der Waals surface area (Å²) >= 11 is 0. The number of hydrogen-bond donors (Lipinski definition) is 0. The molecule has 1 unspecified atom stereocenters. The Morgan fingerprint density at radius 1 is 0.588 bits per heavy atom. The van der Waals surface area contributed by atoms with E-state index >= 15 is 0 Å². The standard InChI is InChI=1S/C32H58O2/c1-5-7-9-11-13-14-16-23-29-32(33-3,34-4)31(27-20-15-12-10-8-6-2)28-22-21-26-30-24-18-17-19-25-30/h17-19,24-25,31H,5-16,20-23,26-29H2,1-4H3. The molecule has 198 valence electrons. The average Bonchev–Trinajstić information content (AvgIpc) is 2.87. The Morgan fingerprint density at radius 2 is 1.06 bits per heavy atom. The largest absolute Gasteiger partial charge is 0.353 e. The third-order valence-electron chi connectivity index (χ3n) is 7.71. The summed E-state index contributed by atoms with van der Waals surface area (Å²) in [6, 6.07) is 10.9. The fourth-order valence-electron chi connectivity index (χ4n) is 5.45. The molecule has 0 spiro atoms. The lowest BCUT2D eigenvalue weighted by atomic mass is 9.84. The van der Waals surface area contributed by atoms with Gasteiger partial charge in [0.1, 0.15) is 0 Å². The number of rotatable bonds is 24. The van der Waals surface area contributed by atoms with Gasteiger partial charge < -0.3 is 9.47 Å². The van der Waals surface area contributed by atoms with Gasteiger partial charge in [-0.3, -0.25) is 0 Å². The van der Waals surface area contributed by atoms with Crippen molar-refractivity contribution in [1.29, 1.82) is 0 Å². The number of ether oxygens (including phenoxy) is 2. The monoisotopic (exact) mass is 474 g/mol. The summed E-state index contributed by atoms with van der Waals surface area (Å²) in [6.45, 7) is 4.58. The topological polar surface area (TPSA) is 18.5 Å². The molecule has 1 atom stereocenters. The van der Waals surface area contributed by atoms with Gasteiger partial charge in [-0.25, -0.2) is 0 Å². The molecule has 0 aliphatic carbocycles. The highest BCUT2D eigenvalue weighted by atomic mass is 16.7. The highest BCUT2D eigenvalue weighted by Gasteiger charge is 2.37. The molecule has 1 rings (SSSR count). The normalized spacial score (nSPS) is 12.8. The van der Waals surface area contributed by atoms with Gasteiger partial charge in [-0.15, -0.1) is 0 Å². The van der Waals surface area contributed by atoms with Crippen molar-refractivity contribution in [2.24, 2.45) is 5.92 Å². The zero-order valence-corrected chi connectivity index (χ0v) is 23.4. The predicted molar refractivity (Wildman–Crippen MR) is 149 cm³/mol. The molecule has 0 saturated carbocycles. The van der Waals surface area contributed by atoms with Gasteiger partial charge in [0.2, 0.25) is 0 Å². The van der Waals surface area contributed by atoms with Gasteiger partial charge in [-0.1, -0.05) is 134 Å². The Kier molecular flexibility index (Phi) is 19.6. The van der Waals surface area contributed by atoms with Gasteiger partial charge in [0.25, 0.3) is 0 Å². The summed E-state index contributed by atoms with van der Waals surface area (Å²) in [4.78, 5) is 0. The maximum Gasteiger partial charge on any atom is 0.170 e. The second-order valence-electron chi connectivity index (χ2n) is 10.4. The van der Waals surface area contributed by atoms with Crippen molar-refractivity contribution in [3.8, 4) is 0 Å². The summed E-state index contributed by atoms with van der Waals surface area (Å²) in [6.07, 6.45) is 26.0. The Hall–Kier alpha value is -0.860. The molecule has 1 aromatic carbocycles. The molecule has 2 heteroatoms. The Morgan fingerprint density at radius 3 is 1.59 bits per heavy atom. The molecule has 1 aromatic rings. The van der Waals surface area contributed by atoms with E-state index in [1.54, 1.807) is 0 Å². The van der Waals surface area contributed by atoms with Crippen molar-refractivity contribution >= 4 is 0 Å². The first-order valence-corrected chi connectivity index (χ1v) is 14.9. The van der Waals surface area contributed by atoms with Crippen molar-refractivity contribution in [3.05, 3.63) is 35.9 Å². The first-order chi connectivity index (χ1) is 16.7. The molecular formula is C32H58O2. The highest BCUT2D eigenvalue weighted by Crippen LogP contribution is 2.36. The molecule has 0 heterocycles. The quantitative estimate of drug-likeness (QED) is 0.110. The first kappa shape index (κ1) is 31.2. The predicted octanol–water partition coefficient (Wildman–Crippen LogP) is 10.3. The molecule has 0 saturated heterocycles. The van der Waals surface area contributed by atoms with Crippen LogP contribution in [-0.4, -0.2) is 20.0 Å². The third kappa shape index (κ3) is 13.9. The van der Waals surface area contributed by atoms with Gasteiger partial charge in [0, 0.05) is 26.6 Å². The van der Waals surface area contributed by atoms with Crippen molar-refractivity contribution in [3.63, 3.8) is 0 Å². The van der Waals surface area contributed by atoms with Crippen LogP contribution in [0.3, 0.4) is 0 Å². The van der Waals surface area contributed by atoms with Crippen LogP contribution in [0.2, 0.25) is 0 Å². The summed E-state index contributed by atoms with van der Waals surface area (Å²) in [5, 5.41) is 0. The van der Waals surface area contributed by atoms with E-state index in [1.807, 2.05) is 14.2 Å². The van der Waals surface area contributed by atoms with E-state index in [1.165, 1.54) is 128 Å². The van der Waals surface area contributed by atoms with Crippen molar-refractivity contribution in [2.75, 3.05) is 14.2 Å². The first-order valence-electron chi connectivity index (χ1n) is 14.9. The second kappa shape index (κ2) is 21.4. The number of unbranched alkanes of at least 4 members (excludes halogenated alkanes) is 13. The summed E-state index contributed by atoms with van der Waals surface area (Å²) in [7, 11) is 3.76. The number of aryl methyl sites for hydroxylation is 1. The van der Waals surface area contributed by atoms with Crippen LogP contribution in [0.25, 0.3) is 0 Å². The Bertz CT molecular complexity index is 537. The van der Waals surface area contributed by atoms with Gasteiger partial charge in [-0.05, 0) is 37.7 Å². The fourth-order valence-corrected chi connectivity index (χ4v) is 5.45. The van der Waals surface area contributed by atoms with Crippen LogP contribution in [0.15, 0.2) is 30.3 Å². The van der Waals surface area contributed by atoms with Crippen LogP contribution in [-0.2, 0) is 15.9 Å². The summed E-state index contributed by atoms with van der Waals surface area (Å²) in [5.74, 6) is 0.0901. The third-order valence-corrected chi connectivity index (χ3v) is 7.71. The minimum absolute atomic E-state index is 0.404. The maximum atomic E-state index is 6.20. The summed E-state index contributed by atoms with van der Waals surface area (Å²) < 4.78 is 12.4. The van der Waals surface area contributed by atoms with E-state index in [0.717, 1.165) is 6.42 Å². The lowest BCUT2D eigenvalue weighted by molar-refractivity contribution is -0.247. The highest BCUT2D eigenvalue weighted by molar-refractivity contribution is 5.14. The van der Waals surface area contributed by atoms with Crippen molar-refractivity contribution in [2.45, 2.75) is 148 Å². The molecule has 2 nitrogen and oxygen atoms in total. The SMILES string of the molecule is CCCCCCCCCCC(OC)(OC)C(CCCCCCCC)CCCCc1ccccc1. The molecule has 0 aliphatic heterocycles. The molecule has 0 aliphatic rings. The van der Waals surface area contributed by atoms with E-state index in [4.69, 9.17) is 9.47 Å². The molecule has 0 amide bonds. The van der Waals surface area contributed by atoms with Crippen LogP contribution in [0.1, 0.15) is 141 Å². The number of methoxy groups -OCH3 is 2. The van der Waals surface area contributed by atoms with Gasteiger partial charge in [-0.2, -0.15) is 0 Å². The smallest absolute Gasteiger partial charge is 0.170 e. The lowest BCUT2D eigenvalue weighted by Crippen LogP contribution is -2.42. The molecule has 0 fully saturated rings. The van der Waals surface area contributed by atoms with E-state index < -0.39 is 5.79 Å². The fraction of sp³-hybridized carbons (Fsp3) is 0.812. The molecule has 0 radical (unpaired) electrons. The lowest BCUT2D eigenvalue weighted by Gasteiger charge is -2.39. The minimum Gasteiger partial charge on any atom is -0.353 e. The van der Waals surface area contributed by atoms with Gasteiger partial charge in [0.05, 0.1) is 0 Å². The minimum atomic E-state index is -0.404. The zero-order chi connectivity index (χ0) is 24.7. The van der Waals surface area contributed by atoms with Crippen LogP contribution >= 0.6 is 0 Å². The Balaban J connectivity index is 2.55. The van der Waals surface area contributed by atoms with E-state index in [0.29, 0.717) is 5.92 Å². The number of benzene rings is 1. The molecule has 34 heavy (non-hydrogen) atoms. The van der Waals surface area contributed by atoms with Crippen molar-refractivity contribution in [1.82, 2.24) is 0 Å². The molecule has 0 aromatic heterocycles. The van der Waals surface area contributed by atoms with E-state index in [-0.39, 0.29) is 0 Å². The van der Waals surface area contributed by atoms with Crippen LogP contribution in [0.4, 0.5) is 0 Å². The van der Waals surface area contributed by atoms with Gasteiger partial charge in [0.15, 0.2) is 5.79 Å². The molecule has 0 bridgehead atoms. The number of hydrogen-bond acceptors (Lipinski definition) is 2. The zero-order valence-electron chi connectivity index (χ0n) is 23.4. The van der Waals surface area contributed by atoms with Crippen LogP contribution < -0.4 is 0 Å². The average molecular weight is 475 g/mol. The second-order valence-corrected chi connectivity index (χ2v) is 10.4. The Labute approximate surface area is 213 Å². The molecular weight excluding hydrogens is 416 g/mol. The van der Waals surface area contributed by atoms with E-state index in [9.17, 15) is 0 Å². The van der Waals surface area contributed by atoms with Crippen LogP contribution in [0.5, 0.6) is 0 Å². The summed E-state index contributed by atoms with van der Waals surface area (Å²) in [5.41, 5.74) is 1.46. The molecule has 0 N–H and O–H groups in total.